The van der Waals surface area contributed by atoms with Crippen LogP contribution in [0.3, 0.4) is 0 Å². The fourth-order valence-electron chi connectivity index (χ4n) is 2.83. The van der Waals surface area contributed by atoms with Crippen LogP contribution in [0.15, 0.2) is 16.7 Å². The van der Waals surface area contributed by atoms with E-state index in [2.05, 4.69) is 50.9 Å². The molecule has 3 heteroatoms. The van der Waals surface area contributed by atoms with E-state index in [1.807, 2.05) is 6.26 Å². The van der Waals surface area contributed by atoms with E-state index in [1.54, 1.807) is 0 Å². The van der Waals surface area contributed by atoms with Crippen molar-refractivity contribution in [1.29, 1.82) is 0 Å². The van der Waals surface area contributed by atoms with Crippen molar-refractivity contribution in [2.24, 2.45) is 5.92 Å². The summed E-state index contributed by atoms with van der Waals surface area (Å²) in [6.45, 7) is 14.3. The average molecular weight is 278 g/mol. The summed E-state index contributed by atoms with van der Waals surface area (Å²) in [7, 11) is 0. The van der Waals surface area contributed by atoms with Crippen LogP contribution in [-0.2, 0) is 13.1 Å². The van der Waals surface area contributed by atoms with Crippen molar-refractivity contribution >= 4 is 0 Å². The molecule has 1 fully saturated rings. The minimum absolute atomic E-state index is 0.122. The molecule has 1 aromatic heterocycles. The normalized spacial score (nSPS) is 25.1. The molecule has 0 spiro atoms. The van der Waals surface area contributed by atoms with Crippen molar-refractivity contribution in [2.45, 2.75) is 72.1 Å². The molecule has 0 bridgehead atoms. The van der Waals surface area contributed by atoms with Gasteiger partial charge in [0.15, 0.2) is 0 Å². The molecule has 20 heavy (non-hydrogen) atoms. The molecule has 1 N–H and O–H groups in total. The first-order valence-corrected chi connectivity index (χ1v) is 7.89. The Morgan fingerprint density at radius 3 is 2.75 bits per heavy atom. The molecule has 0 saturated carbocycles. The monoisotopic (exact) mass is 278 g/mol. The SMILES string of the molecule is CC1CCC(C)N(Cc2ccoc2CNC(C)(C)C)C1. The lowest BCUT2D eigenvalue weighted by Crippen LogP contribution is -2.40. The summed E-state index contributed by atoms with van der Waals surface area (Å²) in [5.41, 5.74) is 1.46. The minimum atomic E-state index is 0.122. The van der Waals surface area contributed by atoms with Crippen molar-refractivity contribution in [3.8, 4) is 0 Å². The highest BCUT2D eigenvalue weighted by Crippen LogP contribution is 2.24. The molecule has 2 rings (SSSR count). The smallest absolute Gasteiger partial charge is 0.122 e. The molecular formula is C17H30N2O. The molecule has 2 atom stereocenters. The molecule has 2 unspecified atom stereocenters. The molecule has 0 aromatic carbocycles. The third-order valence-corrected chi connectivity index (χ3v) is 4.24. The third-order valence-electron chi connectivity index (χ3n) is 4.24. The van der Waals surface area contributed by atoms with E-state index in [0.717, 1.165) is 24.8 Å². The Labute approximate surface area is 123 Å². The van der Waals surface area contributed by atoms with E-state index in [4.69, 9.17) is 4.42 Å². The second kappa shape index (κ2) is 6.31. The van der Waals surface area contributed by atoms with Crippen LogP contribution < -0.4 is 5.32 Å². The maximum atomic E-state index is 5.67. The van der Waals surface area contributed by atoms with Crippen LogP contribution in [0, 0.1) is 5.92 Å². The van der Waals surface area contributed by atoms with Crippen molar-refractivity contribution in [2.75, 3.05) is 6.54 Å². The Morgan fingerprint density at radius 2 is 2.05 bits per heavy atom. The second-order valence-electron chi connectivity index (χ2n) is 7.43. The van der Waals surface area contributed by atoms with Crippen LogP contribution in [-0.4, -0.2) is 23.0 Å². The van der Waals surface area contributed by atoms with Gasteiger partial charge in [-0.25, -0.2) is 0 Å². The number of likely N-dealkylation sites (tertiary alicyclic amines) is 1. The van der Waals surface area contributed by atoms with Crippen molar-refractivity contribution < 1.29 is 4.42 Å². The number of nitrogens with zero attached hydrogens (tertiary/aromatic N) is 1. The van der Waals surface area contributed by atoms with E-state index in [1.165, 1.54) is 24.9 Å². The zero-order valence-corrected chi connectivity index (χ0v) is 13.7. The van der Waals surface area contributed by atoms with E-state index >= 15 is 0 Å². The summed E-state index contributed by atoms with van der Waals surface area (Å²) in [4.78, 5) is 2.60. The van der Waals surface area contributed by atoms with Gasteiger partial charge in [0.1, 0.15) is 5.76 Å². The first kappa shape index (κ1) is 15.6. The van der Waals surface area contributed by atoms with Crippen LogP contribution in [0.25, 0.3) is 0 Å². The van der Waals surface area contributed by atoms with Gasteiger partial charge in [-0.2, -0.15) is 0 Å². The summed E-state index contributed by atoms with van der Waals surface area (Å²) in [5.74, 6) is 1.90. The standard InChI is InChI=1S/C17H30N2O/c1-13-6-7-14(2)19(11-13)12-15-8-9-20-16(15)10-18-17(3,4)5/h8-9,13-14,18H,6-7,10-12H2,1-5H3. The highest BCUT2D eigenvalue weighted by Gasteiger charge is 2.24. The molecule has 1 aromatic rings. The van der Waals surface area contributed by atoms with Gasteiger partial charge in [0.2, 0.25) is 0 Å². The summed E-state index contributed by atoms with van der Waals surface area (Å²) in [6.07, 6.45) is 4.50. The zero-order valence-electron chi connectivity index (χ0n) is 13.7. The highest BCUT2D eigenvalue weighted by molar-refractivity contribution is 5.17. The lowest BCUT2D eigenvalue weighted by molar-refractivity contribution is 0.116. The van der Waals surface area contributed by atoms with Gasteiger partial charge in [0.05, 0.1) is 12.8 Å². The lowest BCUT2D eigenvalue weighted by atomic mass is 9.94. The molecule has 3 nitrogen and oxygen atoms in total. The van der Waals surface area contributed by atoms with Gasteiger partial charge in [0.25, 0.3) is 0 Å². The Hall–Kier alpha value is -0.800. The molecule has 0 amide bonds. The first-order chi connectivity index (χ1) is 9.35. The van der Waals surface area contributed by atoms with Gasteiger partial charge in [-0.05, 0) is 52.5 Å². The number of nitrogens with one attached hydrogen (secondary N) is 1. The molecule has 1 aliphatic heterocycles. The largest absolute Gasteiger partial charge is 0.468 e. The minimum Gasteiger partial charge on any atom is -0.468 e. The van der Waals surface area contributed by atoms with Crippen molar-refractivity contribution in [1.82, 2.24) is 10.2 Å². The first-order valence-electron chi connectivity index (χ1n) is 7.89. The van der Waals surface area contributed by atoms with Gasteiger partial charge in [0, 0.05) is 30.2 Å². The maximum absolute atomic E-state index is 5.67. The fourth-order valence-corrected chi connectivity index (χ4v) is 2.83. The van der Waals surface area contributed by atoms with Crippen LogP contribution in [0.2, 0.25) is 0 Å². The van der Waals surface area contributed by atoms with Crippen LogP contribution >= 0.6 is 0 Å². The van der Waals surface area contributed by atoms with Gasteiger partial charge in [-0.15, -0.1) is 0 Å². The van der Waals surface area contributed by atoms with E-state index in [0.29, 0.717) is 6.04 Å². The number of hydrogen-bond donors (Lipinski definition) is 1. The average Bonchev–Trinajstić information content (AvgIpc) is 2.78. The van der Waals surface area contributed by atoms with Crippen LogP contribution in [0.4, 0.5) is 0 Å². The van der Waals surface area contributed by atoms with E-state index < -0.39 is 0 Å². The molecule has 1 aliphatic rings. The van der Waals surface area contributed by atoms with Crippen molar-refractivity contribution in [3.63, 3.8) is 0 Å². The van der Waals surface area contributed by atoms with Crippen LogP contribution in [0.1, 0.15) is 58.8 Å². The number of rotatable bonds is 4. The maximum Gasteiger partial charge on any atom is 0.122 e. The van der Waals surface area contributed by atoms with E-state index in [-0.39, 0.29) is 5.54 Å². The Kier molecular flexibility index (Phi) is 4.92. The summed E-state index contributed by atoms with van der Waals surface area (Å²) in [5, 5.41) is 3.51. The van der Waals surface area contributed by atoms with Gasteiger partial charge < -0.3 is 9.73 Å². The molecule has 2 heterocycles. The third kappa shape index (κ3) is 4.35. The predicted molar refractivity (Wildman–Crippen MR) is 83.6 cm³/mol. The van der Waals surface area contributed by atoms with Gasteiger partial charge in [-0.3, -0.25) is 4.90 Å². The Morgan fingerprint density at radius 1 is 1.30 bits per heavy atom. The lowest BCUT2D eigenvalue weighted by Gasteiger charge is -2.36. The summed E-state index contributed by atoms with van der Waals surface area (Å²) < 4.78 is 5.67. The molecule has 0 radical (unpaired) electrons. The second-order valence-corrected chi connectivity index (χ2v) is 7.43. The fraction of sp³-hybridized carbons (Fsp3) is 0.765. The molecule has 114 valence electrons. The van der Waals surface area contributed by atoms with Gasteiger partial charge in [-0.1, -0.05) is 6.92 Å². The van der Waals surface area contributed by atoms with Gasteiger partial charge >= 0.3 is 0 Å². The highest BCUT2D eigenvalue weighted by atomic mass is 16.3. The number of hydrogen-bond acceptors (Lipinski definition) is 3. The van der Waals surface area contributed by atoms with Crippen LogP contribution in [0.5, 0.6) is 0 Å². The van der Waals surface area contributed by atoms with Crippen molar-refractivity contribution in [3.05, 3.63) is 23.7 Å². The number of furan rings is 1. The quantitative estimate of drug-likeness (QED) is 0.908. The zero-order chi connectivity index (χ0) is 14.8. The molecule has 1 saturated heterocycles. The Bertz CT molecular complexity index is 419. The van der Waals surface area contributed by atoms with E-state index in [9.17, 15) is 0 Å². The summed E-state index contributed by atoms with van der Waals surface area (Å²) in [6, 6.07) is 2.82. The topological polar surface area (TPSA) is 28.4 Å². The molecule has 0 aliphatic carbocycles. The number of piperidine rings is 1. The summed E-state index contributed by atoms with van der Waals surface area (Å²) >= 11 is 0. The predicted octanol–water partition coefficient (Wildman–Crippen LogP) is 3.79. The Balaban J connectivity index is 1.97. The molecular weight excluding hydrogens is 248 g/mol.